The van der Waals surface area contributed by atoms with Crippen molar-refractivity contribution in [3.05, 3.63) is 117 Å². The van der Waals surface area contributed by atoms with Crippen molar-refractivity contribution in [2.24, 2.45) is 0 Å². The van der Waals surface area contributed by atoms with Gasteiger partial charge in [-0.15, -0.1) is 0 Å². The molecule has 1 aliphatic heterocycles. The number of imide groups is 1. The van der Waals surface area contributed by atoms with Gasteiger partial charge in [0.25, 0.3) is 11.1 Å². The minimum atomic E-state index is -0.248. The zero-order chi connectivity index (χ0) is 25.7. The number of amides is 2. The molecule has 1 saturated heterocycles. The van der Waals surface area contributed by atoms with Gasteiger partial charge in [0.15, 0.2) is 0 Å². The van der Waals surface area contributed by atoms with Crippen molar-refractivity contribution in [3.8, 4) is 5.69 Å². The fraction of sp³-hybridized carbons (Fsp3) is 0.0968. The molecule has 1 fully saturated rings. The molecule has 5 aromatic rings. The molecule has 6 rings (SSSR count). The number of rotatable bonds is 4. The molecule has 0 N–H and O–H groups in total. The second-order valence-corrected chi connectivity index (χ2v) is 11.1. The molecule has 4 nitrogen and oxygen atoms in total. The van der Waals surface area contributed by atoms with Crippen LogP contribution in [0.2, 0.25) is 0 Å². The first-order chi connectivity index (χ1) is 17.9. The van der Waals surface area contributed by atoms with Gasteiger partial charge < -0.3 is 4.57 Å². The highest BCUT2D eigenvalue weighted by Crippen LogP contribution is 2.36. The first kappa shape index (κ1) is 23.8. The number of nitrogens with zero attached hydrogens (tertiary/aromatic N) is 2. The van der Waals surface area contributed by atoms with Crippen LogP contribution in [0.1, 0.15) is 22.5 Å². The predicted octanol–water partition coefficient (Wildman–Crippen LogP) is 8.40. The first-order valence-electron chi connectivity index (χ1n) is 12.0. The Morgan fingerprint density at radius 1 is 0.838 bits per heavy atom. The Balaban J connectivity index is 1.33. The number of hydrogen-bond donors (Lipinski definition) is 0. The van der Waals surface area contributed by atoms with Crippen molar-refractivity contribution in [1.29, 1.82) is 0 Å². The Morgan fingerprint density at radius 3 is 2.38 bits per heavy atom. The molecule has 37 heavy (non-hydrogen) atoms. The molecule has 182 valence electrons. The van der Waals surface area contributed by atoms with Crippen molar-refractivity contribution in [3.63, 3.8) is 0 Å². The maximum Gasteiger partial charge on any atom is 0.293 e. The van der Waals surface area contributed by atoms with Gasteiger partial charge in [0.05, 0.1) is 17.1 Å². The second kappa shape index (κ2) is 9.36. The molecule has 1 aliphatic rings. The average molecular weight is 568 g/mol. The quantitative estimate of drug-likeness (QED) is 0.205. The summed E-state index contributed by atoms with van der Waals surface area (Å²) in [4.78, 5) is 27.9. The number of halogens is 1. The van der Waals surface area contributed by atoms with Gasteiger partial charge >= 0.3 is 0 Å². The molecule has 0 bridgehead atoms. The summed E-state index contributed by atoms with van der Waals surface area (Å²) in [5.74, 6) is -0.248. The molecule has 0 radical (unpaired) electrons. The summed E-state index contributed by atoms with van der Waals surface area (Å²) < 4.78 is 3.26. The normalized spacial score (nSPS) is 15.0. The summed E-state index contributed by atoms with van der Waals surface area (Å²) in [5.41, 5.74) is 5.03. The zero-order valence-electron chi connectivity index (χ0n) is 20.4. The Kier molecular flexibility index (Phi) is 6.01. The number of aromatic nitrogens is 1. The smallest absolute Gasteiger partial charge is 0.293 e. The molecule has 0 saturated carbocycles. The highest BCUT2D eigenvalue weighted by Gasteiger charge is 2.35. The van der Waals surface area contributed by atoms with Crippen molar-refractivity contribution in [1.82, 2.24) is 9.47 Å². The van der Waals surface area contributed by atoms with E-state index in [1.54, 1.807) is 0 Å². The summed E-state index contributed by atoms with van der Waals surface area (Å²) in [7, 11) is 0. The van der Waals surface area contributed by atoms with Crippen LogP contribution in [0.25, 0.3) is 33.3 Å². The fourth-order valence-electron chi connectivity index (χ4n) is 5.04. The number of aryl methyl sites for hydroxylation is 1. The molecule has 0 atom stereocenters. The van der Waals surface area contributed by atoms with Crippen molar-refractivity contribution < 1.29 is 9.59 Å². The van der Waals surface area contributed by atoms with Crippen LogP contribution < -0.4 is 0 Å². The Labute approximate surface area is 227 Å². The zero-order valence-corrected chi connectivity index (χ0v) is 22.8. The van der Waals surface area contributed by atoms with Gasteiger partial charge in [-0.05, 0) is 83.2 Å². The number of thioether (sulfide) groups is 1. The van der Waals surface area contributed by atoms with E-state index < -0.39 is 0 Å². The number of carbonyl (C=O) groups excluding carboxylic acids is 2. The van der Waals surface area contributed by atoms with Crippen LogP contribution in [-0.2, 0) is 11.3 Å². The monoisotopic (exact) mass is 566 g/mol. The lowest BCUT2D eigenvalue weighted by Gasteiger charge is -2.14. The minimum absolute atomic E-state index is 0.239. The minimum Gasteiger partial charge on any atom is -0.317 e. The van der Waals surface area contributed by atoms with E-state index in [2.05, 4.69) is 70.7 Å². The largest absolute Gasteiger partial charge is 0.317 e. The summed E-state index contributed by atoms with van der Waals surface area (Å²) >= 11 is 4.67. The van der Waals surface area contributed by atoms with Gasteiger partial charge in [0, 0.05) is 21.2 Å². The van der Waals surface area contributed by atoms with E-state index in [9.17, 15) is 9.59 Å². The lowest BCUT2D eigenvalue weighted by Crippen LogP contribution is -2.27. The van der Waals surface area contributed by atoms with Crippen LogP contribution in [0.15, 0.2) is 94.3 Å². The van der Waals surface area contributed by atoms with Gasteiger partial charge in [0.2, 0.25) is 0 Å². The van der Waals surface area contributed by atoms with E-state index in [1.165, 1.54) is 4.90 Å². The molecule has 6 heteroatoms. The second-order valence-electron chi connectivity index (χ2n) is 9.22. The van der Waals surface area contributed by atoms with Crippen LogP contribution in [0.5, 0.6) is 0 Å². The Bertz CT molecular complexity index is 1770. The van der Waals surface area contributed by atoms with E-state index in [1.807, 2.05) is 54.6 Å². The van der Waals surface area contributed by atoms with Gasteiger partial charge in [-0.25, -0.2) is 0 Å². The average Bonchev–Trinajstić information content (AvgIpc) is 3.33. The predicted molar refractivity (Wildman–Crippen MR) is 156 cm³/mol. The highest BCUT2D eigenvalue weighted by atomic mass is 79.9. The van der Waals surface area contributed by atoms with Gasteiger partial charge in [0.1, 0.15) is 0 Å². The maximum absolute atomic E-state index is 13.3. The molecule has 1 aromatic heterocycles. The maximum atomic E-state index is 13.3. The molecule has 2 amide bonds. The van der Waals surface area contributed by atoms with Crippen molar-refractivity contribution in [2.75, 3.05) is 0 Å². The van der Waals surface area contributed by atoms with Crippen molar-refractivity contribution in [2.45, 2.75) is 20.4 Å². The van der Waals surface area contributed by atoms with E-state index in [0.717, 1.165) is 66.0 Å². The van der Waals surface area contributed by atoms with Crippen LogP contribution in [0.3, 0.4) is 0 Å². The summed E-state index contributed by atoms with van der Waals surface area (Å²) in [6.07, 6.45) is 1.85. The van der Waals surface area contributed by atoms with Gasteiger partial charge in [-0.1, -0.05) is 76.6 Å². The molecule has 0 unspecified atom stereocenters. The highest BCUT2D eigenvalue weighted by molar-refractivity contribution is 9.10. The molecule has 4 aromatic carbocycles. The van der Waals surface area contributed by atoms with Gasteiger partial charge in [-0.3, -0.25) is 14.5 Å². The van der Waals surface area contributed by atoms with Crippen molar-refractivity contribution >= 4 is 66.5 Å². The summed E-state index contributed by atoms with van der Waals surface area (Å²) in [6, 6.07) is 28.7. The molecular formula is C31H23BrN2O2S. The number of carbonyl (C=O) groups is 2. The number of hydrogen-bond acceptors (Lipinski definition) is 3. The fourth-order valence-corrected chi connectivity index (χ4v) is 6.35. The topological polar surface area (TPSA) is 42.3 Å². The third-order valence-electron chi connectivity index (χ3n) is 6.87. The van der Waals surface area contributed by atoms with E-state index in [-0.39, 0.29) is 17.7 Å². The van der Waals surface area contributed by atoms with E-state index in [0.29, 0.717) is 4.91 Å². The number of fused-ring (bicyclic) bond motifs is 2. The van der Waals surface area contributed by atoms with E-state index >= 15 is 0 Å². The number of benzene rings is 4. The third kappa shape index (κ3) is 4.20. The molecule has 2 heterocycles. The van der Waals surface area contributed by atoms with Crippen LogP contribution >= 0.6 is 27.7 Å². The lowest BCUT2D eigenvalue weighted by atomic mass is 10.1. The molecule has 0 spiro atoms. The van der Waals surface area contributed by atoms with E-state index in [4.69, 9.17) is 0 Å². The molecular weight excluding hydrogens is 544 g/mol. The first-order valence-corrected chi connectivity index (χ1v) is 13.6. The summed E-state index contributed by atoms with van der Waals surface area (Å²) in [5, 5.41) is 4.27. The Hall–Kier alpha value is -3.61. The third-order valence-corrected chi connectivity index (χ3v) is 8.47. The SMILES string of the molecule is Cc1cc(/C=C2\SC(=O)N(Cc3ccc4ccccc4c3)C2=O)c(C)n1-c1ccc(Br)c2ccccc12. The van der Waals surface area contributed by atoms with Crippen LogP contribution in [-0.4, -0.2) is 20.6 Å². The Morgan fingerprint density at radius 2 is 1.57 bits per heavy atom. The van der Waals surface area contributed by atoms with Crippen LogP contribution in [0, 0.1) is 13.8 Å². The van der Waals surface area contributed by atoms with Gasteiger partial charge in [-0.2, -0.15) is 0 Å². The lowest BCUT2D eigenvalue weighted by molar-refractivity contribution is -0.123. The van der Waals surface area contributed by atoms with Crippen LogP contribution in [0.4, 0.5) is 4.79 Å². The molecule has 0 aliphatic carbocycles. The standard InChI is InChI=1S/C31H23BrN2O2S/c1-19-15-24(20(2)34(19)28-14-13-27(32)25-9-5-6-10-26(25)28)17-29-30(35)33(31(36)37-29)18-21-11-12-22-7-3-4-8-23(22)16-21/h3-17H,18H2,1-2H3/b29-17-. The summed E-state index contributed by atoms with van der Waals surface area (Å²) in [6.45, 7) is 4.37.